The van der Waals surface area contributed by atoms with Gasteiger partial charge >= 0.3 is 0 Å². The molecular formula is C17H19N5S. The molecule has 5 nitrogen and oxygen atoms in total. The van der Waals surface area contributed by atoms with Crippen LogP contribution in [0, 0.1) is 0 Å². The molecule has 0 spiro atoms. The molecular weight excluding hydrogens is 306 g/mol. The van der Waals surface area contributed by atoms with Gasteiger partial charge in [0.25, 0.3) is 0 Å². The van der Waals surface area contributed by atoms with Crippen molar-refractivity contribution in [3.63, 3.8) is 0 Å². The number of benzene rings is 2. The summed E-state index contributed by atoms with van der Waals surface area (Å²) in [7, 11) is 0. The highest BCUT2D eigenvalue weighted by Crippen LogP contribution is 2.29. The van der Waals surface area contributed by atoms with Gasteiger partial charge in [-0.1, -0.05) is 30.4 Å². The Bertz CT molecular complexity index is 807. The third-order valence-electron chi connectivity index (χ3n) is 3.39. The molecule has 0 atom stereocenters. The lowest BCUT2D eigenvalue weighted by atomic mass is 10.2. The lowest BCUT2D eigenvalue weighted by Crippen LogP contribution is -2.17. The number of hydrogen-bond donors (Lipinski definition) is 2. The molecule has 6 heteroatoms. The molecule has 0 aliphatic rings. The average Bonchev–Trinajstić information content (AvgIpc) is 2.98. The van der Waals surface area contributed by atoms with E-state index in [-0.39, 0.29) is 0 Å². The maximum atomic E-state index is 5.97. The van der Waals surface area contributed by atoms with Crippen LogP contribution in [0.15, 0.2) is 47.6 Å². The highest BCUT2D eigenvalue weighted by Gasteiger charge is 2.10. The van der Waals surface area contributed by atoms with E-state index in [1.165, 1.54) is 0 Å². The summed E-state index contributed by atoms with van der Waals surface area (Å²) in [6.07, 6.45) is 2.72. The van der Waals surface area contributed by atoms with Gasteiger partial charge in [0.05, 0.1) is 16.4 Å². The van der Waals surface area contributed by atoms with Crippen LogP contribution >= 0.6 is 11.3 Å². The Kier molecular flexibility index (Phi) is 4.43. The van der Waals surface area contributed by atoms with Gasteiger partial charge in [-0.3, -0.25) is 0 Å². The number of nitrogens with two attached hydrogens (primary N) is 2. The van der Waals surface area contributed by atoms with E-state index >= 15 is 0 Å². The first kappa shape index (κ1) is 15.3. The number of rotatable bonds is 5. The zero-order valence-electron chi connectivity index (χ0n) is 12.9. The number of nitrogen functional groups attached to an aromatic ring is 2. The normalized spacial score (nSPS) is 11.3. The van der Waals surface area contributed by atoms with E-state index in [1.54, 1.807) is 29.7 Å². The van der Waals surface area contributed by atoms with Crippen molar-refractivity contribution < 1.29 is 0 Å². The Morgan fingerprint density at radius 3 is 2.83 bits per heavy atom. The van der Waals surface area contributed by atoms with Crippen LogP contribution in [-0.4, -0.2) is 17.7 Å². The molecule has 1 aromatic heterocycles. The molecule has 1 heterocycles. The van der Waals surface area contributed by atoms with Gasteiger partial charge in [-0.2, -0.15) is 5.10 Å². The number of fused-ring (bicyclic) bond motifs is 1. The Labute approximate surface area is 139 Å². The molecule has 0 aliphatic heterocycles. The fourth-order valence-electron chi connectivity index (χ4n) is 2.22. The number of hydrazone groups is 1. The highest BCUT2D eigenvalue weighted by molar-refractivity contribution is 7.22. The van der Waals surface area contributed by atoms with Crippen molar-refractivity contribution in [3.8, 4) is 0 Å². The van der Waals surface area contributed by atoms with E-state index in [0.717, 1.165) is 33.9 Å². The van der Waals surface area contributed by atoms with E-state index in [2.05, 4.69) is 23.1 Å². The summed E-state index contributed by atoms with van der Waals surface area (Å²) in [5.41, 5.74) is 14.9. The van der Waals surface area contributed by atoms with Crippen molar-refractivity contribution >= 4 is 44.3 Å². The fraction of sp³-hybridized carbons (Fsp3) is 0.176. The predicted molar refractivity (Wildman–Crippen MR) is 100 cm³/mol. The molecule has 3 rings (SSSR count). The van der Waals surface area contributed by atoms with E-state index < -0.39 is 0 Å². The summed E-state index contributed by atoms with van der Waals surface area (Å²) in [5.74, 6) is 0. The largest absolute Gasteiger partial charge is 0.399 e. The van der Waals surface area contributed by atoms with Crippen molar-refractivity contribution in [2.75, 3.05) is 23.0 Å². The molecule has 23 heavy (non-hydrogen) atoms. The van der Waals surface area contributed by atoms with E-state index in [9.17, 15) is 0 Å². The maximum absolute atomic E-state index is 5.97. The first-order valence-corrected chi connectivity index (χ1v) is 8.31. The first-order chi connectivity index (χ1) is 11.2. The predicted octanol–water partition coefficient (Wildman–Crippen LogP) is 3.71. The molecule has 0 unspecified atom stereocenters. The van der Waals surface area contributed by atoms with Crippen molar-refractivity contribution in [1.82, 2.24) is 4.98 Å². The van der Waals surface area contributed by atoms with Gasteiger partial charge in [0.1, 0.15) is 0 Å². The fourth-order valence-corrected chi connectivity index (χ4v) is 3.17. The van der Waals surface area contributed by atoms with Gasteiger partial charge in [0.2, 0.25) is 5.13 Å². The van der Waals surface area contributed by atoms with Crippen LogP contribution in [0.5, 0.6) is 0 Å². The van der Waals surface area contributed by atoms with Crippen LogP contribution in [0.25, 0.3) is 10.2 Å². The van der Waals surface area contributed by atoms with Crippen molar-refractivity contribution in [1.29, 1.82) is 0 Å². The Balaban J connectivity index is 1.92. The van der Waals surface area contributed by atoms with Crippen molar-refractivity contribution in [3.05, 3.63) is 48.0 Å². The Morgan fingerprint density at radius 2 is 2.04 bits per heavy atom. The molecule has 0 radical (unpaired) electrons. The second-order valence-electron chi connectivity index (χ2n) is 5.22. The van der Waals surface area contributed by atoms with Crippen LogP contribution in [0.1, 0.15) is 18.9 Å². The van der Waals surface area contributed by atoms with Gasteiger partial charge in [-0.05, 0) is 36.8 Å². The first-order valence-electron chi connectivity index (χ1n) is 7.49. The molecule has 4 N–H and O–H groups in total. The molecule has 0 saturated heterocycles. The number of hydrogen-bond acceptors (Lipinski definition) is 6. The molecule has 0 fully saturated rings. The monoisotopic (exact) mass is 325 g/mol. The number of thiazole rings is 1. The molecule has 0 amide bonds. The smallest absolute Gasteiger partial charge is 0.207 e. The van der Waals surface area contributed by atoms with Crippen LogP contribution in [0.3, 0.4) is 0 Å². The molecule has 0 saturated carbocycles. The molecule has 118 valence electrons. The maximum Gasteiger partial charge on any atom is 0.207 e. The third-order valence-corrected chi connectivity index (χ3v) is 4.44. The van der Waals surface area contributed by atoms with E-state index in [0.29, 0.717) is 11.4 Å². The lowest BCUT2D eigenvalue weighted by molar-refractivity contribution is 0.806. The van der Waals surface area contributed by atoms with E-state index in [1.807, 2.05) is 29.3 Å². The highest BCUT2D eigenvalue weighted by atomic mass is 32.1. The van der Waals surface area contributed by atoms with Crippen LogP contribution in [0.4, 0.5) is 16.5 Å². The standard InChI is InChI=1S/C17H19N5S/c1-2-9-22(17-21-15-5-3-4-6-16(15)23-17)20-11-12-10-13(18)7-8-14(12)19/h3-8,10-11H,2,9,18-19H2,1H3/b20-11+. The van der Waals surface area contributed by atoms with Crippen molar-refractivity contribution in [2.24, 2.45) is 5.10 Å². The summed E-state index contributed by atoms with van der Waals surface area (Å²) in [5, 5.41) is 7.36. The second kappa shape index (κ2) is 6.66. The topological polar surface area (TPSA) is 80.5 Å². The summed E-state index contributed by atoms with van der Waals surface area (Å²) >= 11 is 1.63. The zero-order chi connectivity index (χ0) is 16.2. The van der Waals surface area contributed by atoms with Gasteiger partial charge < -0.3 is 11.5 Å². The van der Waals surface area contributed by atoms with Crippen LogP contribution < -0.4 is 16.5 Å². The lowest BCUT2D eigenvalue weighted by Gasteiger charge is -2.14. The van der Waals surface area contributed by atoms with E-state index in [4.69, 9.17) is 11.5 Å². The zero-order valence-corrected chi connectivity index (χ0v) is 13.8. The van der Waals surface area contributed by atoms with Crippen LogP contribution in [0.2, 0.25) is 0 Å². The van der Waals surface area contributed by atoms with Gasteiger partial charge in [0.15, 0.2) is 0 Å². The Morgan fingerprint density at radius 1 is 1.22 bits per heavy atom. The summed E-state index contributed by atoms with van der Waals surface area (Å²) in [6, 6.07) is 13.5. The molecule has 2 aromatic carbocycles. The molecule has 0 aliphatic carbocycles. The summed E-state index contributed by atoms with van der Waals surface area (Å²) in [6.45, 7) is 2.91. The number of nitrogens with zero attached hydrogens (tertiary/aromatic N) is 3. The SMILES string of the molecule is CCCN(/N=C/c1cc(N)ccc1N)c1nc2ccccc2s1. The van der Waals surface area contributed by atoms with Gasteiger partial charge in [0, 0.05) is 23.5 Å². The Hall–Kier alpha value is -2.60. The number of anilines is 3. The minimum atomic E-state index is 0.656. The average molecular weight is 325 g/mol. The van der Waals surface area contributed by atoms with Gasteiger partial charge in [-0.15, -0.1) is 0 Å². The van der Waals surface area contributed by atoms with Crippen molar-refractivity contribution in [2.45, 2.75) is 13.3 Å². The third kappa shape index (κ3) is 3.43. The second-order valence-corrected chi connectivity index (χ2v) is 6.23. The molecule has 0 bridgehead atoms. The number of aromatic nitrogens is 1. The van der Waals surface area contributed by atoms with Gasteiger partial charge in [-0.25, -0.2) is 9.99 Å². The summed E-state index contributed by atoms with van der Waals surface area (Å²) < 4.78 is 1.15. The number of para-hydroxylation sites is 1. The van der Waals surface area contributed by atoms with Crippen LogP contribution in [-0.2, 0) is 0 Å². The molecule has 3 aromatic rings. The minimum absolute atomic E-state index is 0.656. The minimum Gasteiger partial charge on any atom is -0.399 e. The quantitative estimate of drug-likeness (QED) is 0.426. The summed E-state index contributed by atoms with van der Waals surface area (Å²) in [4.78, 5) is 4.66.